The van der Waals surface area contributed by atoms with Crippen LogP contribution >= 0.6 is 22.7 Å². The summed E-state index contributed by atoms with van der Waals surface area (Å²) in [4.78, 5) is 20.5. The van der Waals surface area contributed by atoms with Gasteiger partial charge in [-0.2, -0.15) is 13.2 Å². The lowest BCUT2D eigenvalue weighted by Crippen LogP contribution is -2.41. The molecule has 9 nitrogen and oxygen atoms in total. The van der Waals surface area contributed by atoms with E-state index >= 15 is 0 Å². The van der Waals surface area contributed by atoms with Gasteiger partial charge in [-0.1, -0.05) is 18.2 Å². The average molecular weight is 631 g/mol. The number of thiophene rings is 1. The number of nitrogens with zero attached hydrogens (tertiary/aromatic N) is 3. The number of aromatic nitrogens is 2. The van der Waals surface area contributed by atoms with Crippen molar-refractivity contribution in [2.24, 2.45) is 0 Å². The summed E-state index contributed by atoms with van der Waals surface area (Å²) in [6, 6.07) is 11.1. The third-order valence-corrected chi connectivity index (χ3v) is 10.8. The summed E-state index contributed by atoms with van der Waals surface area (Å²) in [5.41, 5.74) is 1.75. The highest BCUT2D eigenvalue weighted by atomic mass is 32.2. The van der Waals surface area contributed by atoms with E-state index in [1.54, 1.807) is 28.8 Å². The van der Waals surface area contributed by atoms with Crippen LogP contribution in [0.25, 0.3) is 21.6 Å². The first kappa shape index (κ1) is 31.0. The van der Waals surface area contributed by atoms with Crippen LogP contribution in [0.3, 0.4) is 0 Å². The number of nitrogens with one attached hydrogen (secondary N) is 1. The lowest BCUT2D eigenvalue weighted by Gasteiger charge is -2.35. The first-order valence-corrected chi connectivity index (χ1v) is 15.7. The van der Waals surface area contributed by atoms with Gasteiger partial charge in [0, 0.05) is 42.6 Å². The number of para-hydroxylation sites is 1. The first-order chi connectivity index (χ1) is 19.2. The highest BCUT2D eigenvalue weighted by molar-refractivity contribution is 7.94. The summed E-state index contributed by atoms with van der Waals surface area (Å²) in [6.45, 7) is 6.66. The maximum absolute atomic E-state index is 13.3. The molecule has 0 bridgehead atoms. The molecule has 4 aromatic rings. The quantitative estimate of drug-likeness (QED) is 0.245. The number of sulfonamides is 1. The molecule has 1 saturated heterocycles. The fourth-order valence-corrected chi connectivity index (χ4v) is 7.89. The molecule has 0 atom stereocenters. The average Bonchev–Trinajstić information content (AvgIpc) is 3.67. The fraction of sp³-hybridized carbons (Fsp3) is 0.385. The number of likely N-dealkylation sites (tertiary alicyclic amines) is 1. The van der Waals surface area contributed by atoms with Crippen LogP contribution in [0.5, 0.6) is 0 Å². The Bertz CT molecular complexity index is 1590. The van der Waals surface area contributed by atoms with Crippen molar-refractivity contribution in [2.45, 2.75) is 49.2 Å². The molecular formula is C26H29F3N4O5S3. The molecule has 1 aliphatic heterocycles. The smallest absolute Gasteiger partial charge is 0.475 e. The van der Waals surface area contributed by atoms with Crippen LogP contribution in [0.15, 0.2) is 52.2 Å². The molecule has 1 aliphatic rings. The Morgan fingerprint density at radius 3 is 2.49 bits per heavy atom. The number of alkyl halides is 3. The largest absolute Gasteiger partial charge is 0.490 e. The van der Waals surface area contributed by atoms with Crippen molar-refractivity contribution >= 4 is 55.3 Å². The van der Waals surface area contributed by atoms with Gasteiger partial charge < -0.3 is 15.2 Å². The second kappa shape index (κ2) is 12.1. The van der Waals surface area contributed by atoms with Crippen LogP contribution in [0.1, 0.15) is 31.6 Å². The summed E-state index contributed by atoms with van der Waals surface area (Å²) >= 11 is 2.87. The molecule has 5 rings (SSSR count). The normalized spacial score (nSPS) is 15.9. The molecule has 0 unspecified atom stereocenters. The van der Waals surface area contributed by atoms with E-state index in [-0.39, 0.29) is 0 Å². The number of carboxylic acids is 1. The van der Waals surface area contributed by atoms with E-state index in [0.29, 0.717) is 16.4 Å². The van der Waals surface area contributed by atoms with Crippen LogP contribution < -0.4 is 4.31 Å². The van der Waals surface area contributed by atoms with Crippen molar-refractivity contribution in [3.8, 4) is 10.7 Å². The fourth-order valence-electron chi connectivity index (χ4n) is 4.37. The van der Waals surface area contributed by atoms with E-state index in [1.807, 2.05) is 44.3 Å². The van der Waals surface area contributed by atoms with E-state index in [1.165, 1.54) is 20.5 Å². The van der Waals surface area contributed by atoms with Crippen LogP contribution in [-0.4, -0.2) is 70.9 Å². The number of benzene rings is 1. The maximum atomic E-state index is 13.3. The number of rotatable bonds is 7. The van der Waals surface area contributed by atoms with E-state index < -0.39 is 27.8 Å². The third kappa shape index (κ3) is 7.27. The summed E-state index contributed by atoms with van der Waals surface area (Å²) < 4.78 is 60.1. The minimum absolute atomic E-state index is 0.331. The standard InChI is InChI=1S/C24H28N4O3S3.C2HF3O2/c1-3-28(34(30,31)21-8-5-13-32-21)20-7-4-6-17-14-19(26-22(17)20)23-25-15-18(33-23)16-27-11-9-24(2,29)10-12-27;3-2(4,5)1(6)7/h4-8,13-15,26,29H,3,9-12,16H2,1-2H3;(H,6,7). The number of aromatic amines is 1. The Hall–Kier alpha value is -2.98. The summed E-state index contributed by atoms with van der Waals surface area (Å²) in [7, 11) is -3.63. The highest BCUT2D eigenvalue weighted by Crippen LogP contribution is 2.35. The molecule has 4 heterocycles. The topological polar surface area (TPSA) is 127 Å². The molecule has 1 fully saturated rings. The number of thiazole rings is 1. The van der Waals surface area contributed by atoms with Gasteiger partial charge in [-0.15, -0.1) is 22.7 Å². The van der Waals surface area contributed by atoms with Gasteiger partial charge >= 0.3 is 12.1 Å². The lowest BCUT2D eigenvalue weighted by atomic mass is 9.94. The predicted octanol–water partition coefficient (Wildman–Crippen LogP) is 5.55. The van der Waals surface area contributed by atoms with Gasteiger partial charge in [-0.25, -0.2) is 18.2 Å². The minimum atomic E-state index is -5.08. The van der Waals surface area contributed by atoms with Crippen LogP contribution in [0, 0.1) is 0 Å². The van der Waals surface area contributed by atoms with Crippen molar-refractivity contribution in [3.63, 3.8) is 0 Å². The Labute approximate surface area is 242 Å². The molecule has 0 amide bonds. The Morgan fingerprint density at radius 1 is 1.22 bits per heavy atom. The number of carbonyl (C=O) groups is 1. The third-order valence-electron chi connectivity index (χ3n) is 6.57. The monoisotopic (exact) mass is 630 g/mol. The summed E-state index contributed by atoms with van der Waals surface area (Å²) in [5, 5.41) is 20.9. The number of hydrogen-bond acceptors (Lipinski definition) is 8. The predicted molar refractivity (Wildman–Crippen MR) is 153 cm³/mol. The maximum Gasteiger partial charge on any atom is 0.490 e. The number of halogens is 3. The number of carboxylic acid groups (broad SMARTS) is 1. The Balaban J connectivity index is 0.000000493. The van der Waals surface area contributed by atoms with E-state index in [4.69, 9.17) is 9.90 Å². The molecule has 0 aliphatic carbocycles. The number of aliphatic hydroxyl groups is 1. The van der Waals surface area contributed by atoms with Crippen molar-refractivity contribution < 1.29 is 36.6 Å². The number of fused-ring (bicyclic) bond motifs is 1. The van der Waals surface area contributed by atoms with Crippen LogP contribution in [0.2, 0.25) is 0 Å². The van der Waals surface area contributed by atoms with E-state index in [9.17, 15) is 26.7 Å². The number of aliphatic carboxylic acids is 1. The van der Waals surface area contributed by atoms with Crippen LogP contribution in [0.4, 0.5) is 18.9 Å². The highest BCUT2D eigenvalue weighted by Gasteiger charge is 2.38. The Morgan fingerprint density at radius 2 is 1.90 bits per heavy atom. The van der Waals surface area contributed by atoms with Gasteiger partial charge in [-0.05, 0) is 50.3 Å². The summed E-state index contributed by atoms with van der Waals surface area (Å²) in [6.07, 6.45) is -1.60. The number of H-pyrrole nitrogens is 1. The van der Waals surface area contributed by atoms with Crippen molar-refractivity contribution in [1.82, 2.24) is 14.9 Å². The molecular weight excluding hydrogens is 602 g/mol. The molecule has 3 aromatic heterocycles. The van der Waals surface area contributed by atoms with Crippen molar-refractivity contribution in [2.75, 3.05) is 23.9 Å². The molecule has 1 aromatic carbocycles. The molecule has 0 saturated carbocycles. The molecule has 0 spiro atoms. The zero-order valence-corrected chi connectivity index (χ0v) is 24.6. The second-order valence-electron chi connectivity index (χ2n) is 9.73. The molecule has 222 valence electrons. The van der Waals surface area contributed by atoms with Gasteiger partial charge in [0.2, 0.25) is 0 Å². The van der Waals surface area contributed by atoms with E-state index in [0.717, 1.165) is 54.1 Å². The number of anilines is 1. The number of piperidine rings is 1. The molecule has 41 heavy (non-hydrogen) atoms. The van der Waals surface area contributed by atoms with Crippen molar-refractivity contribution in [3.05, 3.63) is 52.9 Å². The van der Waals surface area contributed by atoms with E-state index in [2.05, 4.69) is 14.9 Å². The zero-order chi connectivity index (χ0) is 30.0. The first-order valence-electron chi connectivity index (χ1n) is 12.6. The van der Waals surface area contributed by atoms with Gasteiger partial charge in [0.05, 0.1) is 22.5 Å². The molecule has 15 heteroatoms. The molecule has 0 radical (unpaired) electrons. The lowest BCUT2D eigenvalue weighted by molar-refractivity contribution is -0.192. The van der Waals surface area contributed by atoms with Gasteiger partial charge in [0.1, 0.15) is 9.22 Å². The zero-order valence-electron chi connectivity index (χ0n) is 22.2. The minimum Gasteiger partial charge on any atom is -0.475 e. The van der Waals surface area contributed by atoms with Gasteiger partial charge in [0.25, 0.3) is 10.0 Å². The van der Waals surface area contributed by atoms with Crippen molar-refractivity contribution in [1.29, 1.82) is 0 Å². The molecule has 3 N–H and O–H groups in total. The van der Waals surface area contributed by atoms with Crippen LogP contribution in [-0.2, 0) is 21.4 Å². The Kier molecular flexibility index (Phi) is 9.13. The number of hydrogen-bond donors (Lipinski definition) is 3. The summed E-state index contributed by atoms with van der Waals surface area (Å²) in [5.74, 6) is -2.76. The SMILES string of the molecule is CCN(c1cccc2cc(-c3ncc(CN4CCC(C)(O)CC4)s3)[nH]c12)S(=O)(=O)c1cccs1.O=C(O)C(F)(F)F. The second-order valence-corrected chi connectivity index (χ2v) is 13.9. The van der Waals surface area contributed by atoms with Gasteiger partial charge in [0.15, 0.2) is 0 Å². The van der Waals surface area contributed by atoms with Gasteiger partial charge in [-0.3, -0.25) is 9.21 Å².